The van der Waals surface area contributed by atoms with Crippen LogP contribution in [0.1, 0.15) is 41.6 Å². The van der Waals surface area contributed by atoms with E-state index in [1.807, 2.05) is 73.8 Å². The topological polar surface area (TPSA) is 108 Å². The fourth-order valence-electron chi connectivity index (χ4n) is 6.09. The average Bonchev–Trinajstić information content (AvgIpc) is 3.06. The van der Waals surface area contributed by atoms with E-state index in [0.717, 1.165) is 96.3 Å². The highest BCUT2D eigenvalue weighted by molar-refractivity contribution is 9.11. The van der Waals surface area contributed by atoms with Crippen LogP contribution in [-0.4, -0.2) is 85.0 Å². The smallest absolute Gasteiger partial charge is 0.411 e. The van der Waals surface area contributed by atoms with E-state index in [-0.39, 0.29) is 23.8 Å². The quantitative estimate of drug-likeness (QED) is 0.250. The summed E-state index contributed by atoms with van der Waals surface area (Å²) in [5.41, 5.74) is 9.87. The molecule has 2 aliphatic heterocycles. The van der Waals surface area contributed by atoms with Crippen LogP contribution in [0.25, 0.3) is 11.1 Å². The van der Waals surface area contributed by atoms with Crippen molar-refractivity contribution in [2.45, 2.75) is 38.3 Å². The van der Waals surface area contributed by atoms with Gasteiger partial charge in [-0.1, -0.05) is 64.5 Å². The number of nitrogens with one attached hydrogen (secondary N) is 1. The van der Waals surface area contributed by atoms with Crippen molar-refractivity contribution in [1.29, 1.82) is 0 Å². The Labute approximate surface area is 287 Å². The monoisotopic (exact) mass is 753 g/mol. The lowest BCUT2D eigenvalue weighted by Crippen LogP contribution is -2.42. The van der Waals surface area contributed by atoms with Crippen LogP contribution in [0.15, 0.2) is 75.7 Å². The number of anilines is 1. The zero-order chi connectivity index (χ0) is 32.6. The predicted octanol–water partition coefficient (Wildman–Crippen LogP) is 6.36. The van der Waals surface area contributed by atoms with Crippen molar-refractivity contribution >= 4 is 55.5 Å². The summed E-state index contributed by atoms with van der Waals surface area (Å²) >= 11 is 7.31. The second-order valence-corrected chi connectivity index (χ2v) is 13.8. The molecule has 2 fully saturated rings. The second-order valence-electron chi connectivity index (χ2n) is 12.1. The van der Waals surface area contributed by atoms with E-state index in [0.29, 0.717) is 12.1 Å². The number of halogens is 2. The lowest BCUT2D eigenvalue weighted by molar-refractivity contribution is -0.123. The number of nitrogens with zero attached hydrogens (tertiary/aromatic N) is 3. The number of primary amides is 1. The molecule has 0 radical (unpaired) electrons. The molecule has 11 heteroatoms. The third kappa shape index (κ3) is 8.96. The van der Waals surface area contributed by atoms with Gasteiger partial charge < -0.3 is 20.3 Å². The number of likely N-dealkylation sites (N-methyl/N-ethyl adjacent to an activating group) is 1. The van der Waals surface area contributed by atoms with Crippen molar-refractivity contribution < 1.29 is 19.1 Å². The summed E-state index contributed by atoms with van der Waals surface area (Å²) in [6, 6.07) is 21.6. The normalized spacial score (nSPS) is 16.6. The minimum Gasteiger partial charge on any atom is -0.446 e. The van der Waals surface area contributed by atoms with Gasteiger partial charge in [-0.05, 0) is 84.0 Å². The molecule has 2 heterocycles. The Morgan fingerprint density at radius 2 is 1.54 bits per heavy atom. The molecule has 0 bridgehead atoms. The van der Waals surface area contributed by atoms with Crippen LogP contribution in [0.5, 0.6) is 0 Å². The Balaban J connectivity index is 1.06. The lowest BCUT2D eigenvalue weighted by atomic mass is 9.96. The average molecular weight is 756 g/mol. The van der Waals surface area contributed by atoms with Crippen LogP contribution in [0.3, 0.4) is 0 Å². The number of carbonyl (C=O) groups is 3. The van der Waals surface area contributed by atoms with Gasteiger partial charge in [-0.15, -0.1) is 0 Å². The number of nitrogens with two attached hydrogens (primary N) is 1. The summed E-state index contributed by atoms with van der Waals surface area (Å²) in [5, 5.41) is 2.93. The number of likely N-dealkylation sites (tertiary alicyclic amines) is 2. The van der Waals surface area contributed by atoms with Crippen LogP contribution in [0.4, 0.5) is 10.5 Å². The number of carbonyl (C=O) groups excluding carboxylic acids is 3. The van der Waals surface area contributed by atoms with Gasteiger partial charge in [0, 0.05) is 60.2 Å². The Hall–Kier alpha value is -3.25. The summed E-state index contributed by atoms with van der Waals surface area (Å²) in [6.45, 7) is 5.28. The summed E-state index contributed by atoms with van der Waals surface area (Å²) in [7, 11) is 1.83. The molecular formula is C35H41Br2N5O4. The van der Waals surface area contributed by atoms with Crippen LogP contribution in [-0.2, 0) is 16.1 Å². The zero-order valence-electron chi connectivity index (χ0n) is 26.1. The Morgan fingerprint density at radius 3 is 2.24 bits per heavy atom. The minimum atomic E-state index is -0.442. The maximum atomic E-state index is 13.4. The van der Waals surface area contributed by atoms with E-state index in [9.17, 15) is 14.4 Å². The molecule has 0 unspecified atom stereocenters. The standard InChI is InChI=1S/C35H41Br2N5O4/c1-40(34(44)29-22-30(36)26(21-31(29)37)23-42-15-11-25(12-16-42)33(38)43)19-20-41-17-13-27(14-18-41)46-35(45)39-32-10-6-5-9-28(32)24-7-3-2-4-8-24/h2-10,21-22,25,27H,11-20,23H2,1H3,(H2,38,43)(H,39,45). The molecule has 3 aromatic carbocycles. The van der Waals surface area contributed by atoms with Gasteiger partial charge >= 0.3 is 6.09 Å². The van der Waals surface area contributed by atoms with Crippen molar-refractivity contribution in [2.75, 3.05) is 51.6 Å². The van der Waals surface area contributed by atoms with E-state index < -0.39 is 6.09 Å². The fourth-order valence-corrected chi connectivity index (χ4v) is 7.12. The van der Waals surface area contributed by atoms with Gasteiger partial charge in [-0.25, -0.2) is 4.79 Å². The number of rotatable bonds is 10. The maximum Gasteiger partial charge on any atom is 0.411 e. The number of para-hydroxylation sites is 1. The van der Waals surface area contributed by atoms with E-state index in [4.69, 9.17) is 10.5 Å². The van der Waals surface area contributed by atoms with E-state index >= 15 is 0 Å². The number of amides is 3. The Bertz CT molecular complexity index is 1520. The molecule has 46 heavy (non-hydrogen) atoms. The molecule has 244 valence electrons. The van der Waals surface area contributed by atoms with Gasteiger partial charge in [-0.3, -0.25) is 19.8 Å². The summed E-state index contributed by atoms with van der Waals surface area (Å²) < 4.78 is 7.43. The van der Waals surface area contributed by atoms with Gasteiger partial charge in [-0.2, -0.15) is 0 Å². The highest BCUT2D eigenvalue weighted by atomic mass is 79.9. The first-order valence-corrected chi connectivity index (χ1v) is 17.4. The number of hydrogen-bond donors (Lipinski definition) is 2. The lowest BCUT2D eigenvalue weighted by Gasteiger charge is -2.32. The van der Waals surface area contributed by atoms with Crippen molar-refractivity contribution in [1.82, 2.24) is 14.7 Å². The molecule has 3 amide bonds. The largest absolute Gasteiger partial charge is 0.446 e. The number of piperidine rings is 2. The molecule has 0 aromatic heterocycles. The molecule has 9 nitrogen and oxygen atoms in total. The highest BCUT2D eigenvalue weighted by Gasteiger charge is 2.26. The van der Waals surface area contributed by atoms with Crippen molar-refractivity contribution in [3.05, 3.63) is 86.8 Å². The van der Waals surface area contributed by atoms with Crippen LogP contribution < -0.4 is 11.1 Å². The van der Waals surface area contributed by atoms with Gasteiger partial charge in [0.2, 0.25) is 5.91 Å². The third-order valence-electron chi connectivity index (χ3n) is 8.91. The fraction of sp³-hybridized carbons (Fsp3) is 0.400. The van der Waals surface area contributed by atoms with Crippen molar-refractivity contribution in [2.24, 2.45) is 11.7 Å². The SMILES string of the molecule is CN(CCN1CCC(OC(=O)Nc2ccccc2-c2ccccc2)CC1)C(=O)c1cc(Br)c(CN2CCC(C(N)=O)CC2)cc1Br. The summed E-state index contributed by atoms with van der Waals surface area (Å²) in [6.07, 6.45) is 2.44. The van der Waals surface area contributed by atoms with E-state index in [1.54, 1.807) is 4.90 Å². The molecule has 0 aliphatic carbocycles. The van der Waals surface area contributed by atoms with Crippen LogP contribution in [0, 0.1) is 5.92 Å². The summed E-state index contributed by atoms with van der Waals surface area (Å²) in [5.74, 6) is -0.301. The minimum absolute atomic E-state index is 0.0396. The molecule has 0 spiro atoms. The second kappa shape index (κ2) is 16.0. The first kappa shape index (κ1) is 34.1. The molecule has 2 aliphatic rings. The molecule has 2 saturated heterocycles. The van der Waals surface area contributed by atoms with Gasteiger partial charge in [0.25, 0.3) is 5.91 Å². The van der Waals surface area contributed by atoms with Crippen LogP contribution in [0.2, 0.25) is 0 Å². The first-order valence-electron chi connectivity index (χ1n) is 15.8. The summed E-state index contributed by atoms with van der Waals surface area (Å²) in [4.78, 5) is 44.0. The Morgan fingerprint density at radius 1 is 0.891 bits per heavy atom. The van der Waals surface area contributed by atoms with Gasteiger partial charge in [0.15, 0.2) is 0 Å². The third-order valence-corrected chi connectivity index (χ3v) is 10.3. The van der Waals surface area contributed by atoms with E-state index in [1.165, 1.54) is 0 Å². The number of benzene rings is 3. The molecule has 0 atom stereocenters. The van der Waals surface area contributed by atoms with Crippen LogP contribution >= 0.6 is 31.9 Å². The van der Waals surface area contributed by atoms with Gasteiger partial charge in [0.1, 0.15) is 6.10 Å². The van der Waals surface area contributed by atoms with Crippen molar-refractivity contribution in [3.8, 4) is 11.1 Å². The Kier molecular flexibility index (Phi) is 11.9. The predicted molar refractivity (Wildman–Crippen MR) is 187 cm³/mol. The first-order chi connectivity index (χ1) is 22.2. The van der Waals surface area contributed by atoms with Gasteiger partial charge in [0.05, 0.1) is 11.3 Å². The molecule has 3 aromatic rings. The number of hydrogen-bond acceptors (Lipinski definition) is 6. The van der Waals surface area contributed by atoms with Crippen molar-refractivity contribution in [3.63, 3.8) is 0 Å². The zero-order valence-corrected chi connectivity index (χ0v) is 29.3. The van der Waals surface area contributed by atoms with E-state index in [2.05, 4.69) is 47.0 Å². The molecule has 3 N–H and O–H groups in total. The molecule has 0 saturated carbocycles. The highest BCUT2D eigenvalue weighted by Crippen LogP contribution is 2.30. The maximum absolute atomic E-state index is 13.4. The molecule has 5 rings (SSSR count). The molecular weight excluding hydrogens is 714 g/mol. The number of ether oxygens (including phenoxy) is 1.